The van der Waals surface area contributed by atoms with Gasteiger partial charge in [-0.25, -0.2) is 4.98 Å². The maximum absolute atomic E-state index is 6.87. The summed E-state index contributed by atoms with van der Waals surface area (Å²) in [7, 11) is 0. The van der Waals surface area contributed by atoms with Gasteiger partial charge in [0.15, 0.2) is 11.6 Å². The first-order valence-electron chi connectivity index (χ1n) is 19.3. The molecule has 266 valence electrons. The first kappa shape index (κ1) is 31.7. The van der Waals surface area contributed by atoms with Crippen molar-refractivity contribution in [3.8, 4) is 51.0 Å². The molecular formula is C52H32N4O. The Labute approximate surface area is 328 Å². The van der Waals surface area contributed by atoms with Gasteiger partial charge in [0, 0.05) is 27.8 Å². The minimum absolute atomic E-state index is 0.179. The molecule has 0 amide bonds. The molecule has 5 heteroatoms. The van der Waals surface area contributed by atoms with Crippen molar-refractivity contribution in [1.29, 1.82) is 0 Å². The van der Waals surface area contributed by atoms with Crippen molar-refractivity contribution < 1.29 is 4.42 Å². The van der Waals surface area contributed by atoms with Crippen LogP contribution in [0.4, 0.5) is 0 Å². The molecule has 0 spiro atoms. The third kappa shape index (κ3) is 4.92. The van der Waals surface area contributed by atoms with Crippen LogP contribution < -0.4 is 0 Å². The van der Waals surface area contributed by atoms with Gasteiger partial charge in [0.25, 0.3) is 0 Å². The normalized spacial score (nSPS) is 13.4. The van der Waals surface area contributed by atoms with E-state index < -0.39 is 0 Å². The molecule has 0 N–H and O–H groups in total. The number of rotatable bonds is 5. The lowest BCUT2D eigenvalue weighted by Crippen LogP contribution is -2.06. The van der Waals surface area contributed by atoms with Gasteiger partial charge >= 0.3 is 0 Å². The first-order valence-corrected chi connectivity index (χ1v) is 19.3. The molecule has 11 aromatic rings. The van der Waals surface area contributed by atoms with E-state index in [0.29, 0.717) is 17.6 Å². The fourth-order valence-electron chi connectivity index (χ4n) is 9.02. The smallest absolute Gasteiger partial charge is 0.238 e. The summed E-state index contributed by atoms with van der Waals surface area (Å²) in [6.07, 6.45) is 0. The largest absolute Gasteiger partial charge is 0.456 e. The second-order valence-corrected chi connectivity index (χ2v) is 14.7. The summed E-state index contributed by atoms with van der Waals surface area (Å²) in [5.74, 6) is 1.97. The quantitative estimate of drug-likeness (QED) is 0.177. The Morgan fingerprint density at radius 1 is 0.404 bits per heavy atom. The molecule has 0 bridgehead atoms. The number of fused-ring (bicyclic) bond motifs is 5. The van der Waals surface area contributed by atoms with E-state index in [9.17, 15) is 0 Å². The molecule has 3 heterocycles. The van der Waals surface area contributed by atoms with Gasteiger partial charge in [-0.3, -0.25) is 4.57 Å². The molecule has 1 unspecified atom stereocenters. The van der Waals surface area contributed by atoms with Gasteiger partial charge in [0.1, 0.15) is 11.2 Å². The molecule has 1 aliphatic rings. The lowest BCUT2D eigenvalue weighted by molar-refractivity contribution is 0.664. The number of hydrogen-bond acceptors (Lipinski definition) is 4. The van der Waals surface area contributed by atoms with Crippen LogP contribution in [-0.4, -0.2) is 19.5 Å². The minimum Gasteiger partial charge on any atom is -0.456 e. The van der Waals surface area contributed by atoms with Crippen LogP contribution >= 0.6 is 0 Å². The third-order valence-electron chi connectivity index (χ3n) is 11.5. The fourth-order valence-corrected chi connectivity index (χ4v) is 9.02. The monoisotopic (exact) mass is 728 g/mol. The van der Waals surface area contributed by atoms with Gasteiger partial charge in [-0.2, -0.15) is 9.97 Å². The predicted octanol–water partition coefficient (Wildman–Crippen LogP) is 13.0. The second-order valence-electron chi connectivity index (χ2n) is 14.7. The maximum Gasteiger partial charge on any atom is 0.238 e. The summed E-state index contributed by atoms with van der Waals surface area (Å²) in [4.78, 5) is 15.3. The zero-order valence-electron chi connectivity index (χ0n) is 30.7. The standard InChI is InChI=1S/C52H32N4O/c1-4-14-32(15-5-1)47-39-21-11-10-20-37(39)38-28-26-35(31-42(38)47)36-27-29-45-41(30-36)40-22-12-23-43-48(40)49-44(24-13-25-46(49)57-45)56(43)52-54-50(33-16-6-2-7-17-33)53-51(55-52)34-18-8-3-9-19-34/h1-31,47H. The Morgan fingerprint density at radius 3 is 1.77 bits per heavy atom. The van der Waals surface area contributed by atoms with E-state index in [0.717, 1.165) is 60.4 Å². The summed E-state index contributed by atoms with van der Waals surface area (Å²) in [6.45, 7) is 0. The topological polar surface area (TPSA) is 56.7 Å². The average Bonchev–Trinajstić information content (AvgIpc) is 3.75. The van der Waals surface area contributed by atoms with Gasteiger partial charge in [-0.05, 0) is 80.7 Å². The van der Waals surface area contributed by atoms with E-state index in [2.05, 4.69) is 132 Å². The van der Waals surface area contributed by atoms with Crippen LogP contribution in [0.5, 0.6) is 0 Å². The van der Waals surface area contributed by atoms with E-state index in [1.165, 1.54) is 33.4 Å². The van der Waals surface area contributed by atoms with Crippen LogP contribution in [0.3, 0.4) is 0 Å². The molecule has 8 aromatic carbocycles. The number of nitrogens with zero attached hydrogens (tertiary/aromatic N) is 4. The second kappa shape index (κ2) is 12.4. The predicted molar refractivity (Wildman–Crippen MR) is 231 cm³/mol. The summed E-state index contributed by atoms with van der Waals surface area (Å²) < 4.78 is 9.04. The van der Waals surface area contributed by atoms with Crippen LogP contribution in [0.2, 0.25) is 0 Å². The summed E-state index contributed by atoms with van der Waals surface area (Å²) in [5, 5.41) is 4.29. The third-order valence-corrected chi connectivity index (χ3v) is 11.5. The molecule has 0 saturated carbocycles. The van der Waals surface area contributed by atoms with Crippen LogP contribution in [0, 0.1) is 0 Å². The number of aromatic nitrogens is 4. The molecule has 1 atom stereocenters. The highest BCUT2D eigenvalue weighted by molar-refractivity contribution is 6.26. The van der Waals surface area contributed by atoms with E-state index in [1.54, 1.807) is 0 Å². The lowest BCUT2D eigenvalue weighted by atomic mass is 9.88. The van der Waals surface area contributed by atoms with Crippen LogP contribution in [0.1, 0.15) is 22.6 Å². The van der Waals surface area contributed by atoms with Crippen molar-refractivity contribution in [3.63, 3.8) is 0 Å². The molecule has 57 heavy (non-hydrogen) atoms. The van der Waals surface area contributed by atoms with E-state index in [-0.39, 0.29) is 5.92 Å². The molecule has 0 radical (unpaired) electrons. The highest BCUT2D eigenvalue weighted by atomic mass is 16.3. The lowest BCUT2D eigenvalue weighted by Gasteiger charge is -2.15. The van der Waals surface area contributed by atoms with Gasteiger partial charge in [0.2, 0.25) is 5.95 Å². The van der Waals surface area contributed by atoms with Crippen molar-refractivity contribution in [1.82, 2.24) is 19.5 Å². The van der Waals surface area contributed by atoms with Gasteiger partial charge in [-0.1, -0.05) is 152 Å². The van der Waals surface area contributed by atoms with Crippen LogP contribution in [0.15, 0.2) is 192 Å². The van der Waals surface area contributed by atoms with Crippen molar-refractivity contribution >= 4 is 43.7 Å². The zero-order valence-corrected chi connectivity index (χ0v) is 30.7. The number of benzene rings is 8. The first-order chi connectivity index (χ1) is 28.3. The highest BCUT2D eigenvalue weighted by Gasteiger charge is 2.30. The number of hydrogen-bond donors (Lipinski definition) is 0. The highest BCUT2D eigenvalue weighted by Crippen LogP contribution is 2.49. The molecule has 1 aliphatic carbocycles. The van der Waals surface area contributed by atoms with E-state index in [1.807, 2.05) is 60.7 Å². The molecule has 5 nitrogen and oxygen atoms in total. The molecule has 0 saturated heterocycles. The van der Waals surface area contributed by atoms with E-state index >= 15 is 0 Å². The molecule has 3 aromatic heterocycles. The van der Waals surface area contributed by atoms with Crippen molar-refractivity contribution in [3.05, 3.63) is 205 Å². The Hall–Kier alpha value is -7.63. The molecule has 0 aliphatic heterocycles. The summed E-state index contributed by atoms with van der Waals surface area (Å²) >= 11 is 0. The van der Waals surface area contributed by atoms with Gasteiger partial charge in [-0.15, -0.1) is 0 Å². The molecular weight excluding hydrogens is 697 g/mol. The Kier molecular flexibility index (Phi) is 6.92. The fraction of sp³-hybridized carbons (Fsp3) is 0.0192. The Morgan fingerprint density at radius 2 is 1.02 bits per heavy atom. The summed E-state index contributed by atoms with van der Waals surface area (Å²) in [5.41, 5.74) is 14.4. The van der Waals surface area contributed by atoms with Crippen LogP contribution in [0.25, 0.3) is 94.7 Å². The Balaban J connectivity index is 1.08. The van der Waals surface area contributed by atoms with Gasteiger partial charge in [0.05, 0.1) is 16.4 Å². The molecule has 12 rings (SSSR count). The van der Waals surface area contributed by atoms with Crippen LogP contribution in [-0.2, 0) is 0 Å². The van der Waals surface area contributed by atoms with Gasteiger partial charge < -0.3 is 4.42 Å². The van der Waals surface area contributed by atoms with E-state index in [4.69, 9.17) is 19.4 Å². The Bertz CT molecular complexity index is 3290. The molecule has 0 fully saturated rings. The SMILES string of the molecule is c1ccc(-c2nc(-c3ccccc3)nc(-n3c4cccc5oc6ccc(-c7ccc8c(c7)C(c7ccccc7)c7ccccc7-8)cc6c6cccc3c6c54)n2)cc1. The van der Waals surface area contributed by atoms with Crippen molar-refractivity contribution in [2.75, 3.05) is 0 Å². The minimum atomic E-state index is 0.179. The van der Waals surface area contributed by atoms with Crippen molar-refractivity contribution in [2.24, 2.45) is 0 Å². The van der Waals surface area contributed by atoms with Crippen molar-refractivity contribution in [2.45, 2.75) is 5.92 Å². The summed E-state index contributed by atoms with van der Waals surface area (Å²) in [6, 6.07) is 66.2. The average molecular weight is 729 g/mol. The maximum atomic E-state index is 6.87. The zero-order chi connectivity index (χ0) is 37.5.